The summed E-state index contributed by atoms with van der Waals surface area (Å²) in [6.45, 7) is 1.83. The van der Waals surface area contributed by atoms with Gasteiger partial charge in [0.05, 0.1) is 5.69 Å². The maximum Gasteiger partial charge on any atom is 0.296 e. The summed E-state index contributed by atoms with van der Waals surface area (Å²) in [6, 6.07) is 11.5. The third-order valence-corrected chi connectivity index (χ3v) is 6.48. The Balaban J connectivity index is 1.82. The maximum atomic E-state index is 12.1. The van der Waals surface area contributed by atoms with Gasteiger partial charge in [0.1, 0.15) is 16.6 Å². The molecule has 0 saturated carbocycles. The van der Waals surface area contributed by atoms with E-state index in [0.29, 0.717) is 22.4 Å². The van der Waals surface area contributed by atoms with Crippen LogP contribution in [0.2, 0.25) is 0 Å². The molecule has 0 saturated heterocycles. The summed E-state index contributed by atoms with van der Waals surface area (Å²) in [5.74, 6) is -0.505. The van der Waals surface area contributed by atoms with E-state index in [4.69, 9.17) is 16.2 Å². The molecule has 1 aliphatic carbocycles. The summed E-state index contributed by atoms with van der Waals surface area (Å²) >= 11 is 0. The van der Waals surface area contributed by atoms with E-state index < -0.39 is 38.2 Å². The lowest BCUT2D eigenvalue weighted by Crippen LogP contribution is -2.39. The summed E-state index contributed by atoms with van der Waals surface area (Å²) in [7, 11) is -3.34. The SMILES string of the molecule is COC1(N=Nc2ccc(N)cc2)C=CC(C)=CC1N=Nc1c(S(=O)(=O)O)cc2ccc(N)cc2c1O. The van der Waals surface area contributed by atoms with Crippen molar-refractivity contribution in [1.29, 1.82) is 0 Å². The number of methoxy groups -OCH3 is 1. The van der Waals surface area contributed by atoms with Gasteiger partial charge in [-0.1, -0.05) is 23.8 Å². The number of hydrogen-bond acceptors (Lipinski definition) is 10. The second-order valence-electron chi connectivity index (χ2n) is 8.18. The zero-order valence-electron chi connectivity index (χ0n) is 19.4. The van der Waals surface area contributed by atoms with Gasteiger partial charge in [-0.15, -0.1) is 10.2 Å². The Kier molecular flexibility index (Phi) is 6.59. The number of hydrogen-bond donors (Lipinski definition) is 4. The van der Waals surface area contributed by atoms with Crippen LogP contribution in [-0.4, -0.2) is 37.0 Å². The molecule has 3 aromatic carbocycles. The van der Waals surface area contributed by atoms with Crippen LogP contribution in [0.25, 0.3) is 10.8 Å². The van der Waals surface area contributed by atoms with Crippen LogP contribution in [0.3, 0.4) is 0 Å². The van der Waals surface area contributed by atoms with Gasteiger partial charge < -0.3 is 21.3 Å². The van der Waals surface area contributed by atoms with E-state index in [1.54, 1.807) is 42.5 Å². The van der Waals surface area contributed by atoms with Crippen LogP contribution in [0.5, 0.6) is 5.75 Å². The van der Waals surface area contributed by atoms with Crippen molar-refractivity contribution >= 4 is 43.6 Å². The van der Waals surface area contributed by atoms with E-state index in [2.05, 4.69) is 20.5 Å². The Morgan fingerprint density at radius 1 is 1.03 bits per heavy atom. The first kappa shape index (κ1) is 25.0. The lowest BCUT2D eigenvalue weighted by Gasteiger charge is -2.30. The van der Waals surface area contributed by atoms with Crippen LogP contribution in [0.4, 0.5) is 22.7 Å². The molecular weight excluding hydrogens is 484 g/mol. The molecule has 0 bridgehead atoms. The van der Waals surface area contributed by atoms with Crippen molar-refractivity contribution < 1.29 is 22.8 Å². The Labute approximate surface area is 207 Å². The van der Waals surface area contributed by atoms with Crippen molar-refractivity contribution in [3.05, 3.63) is 72.3 Å². The average molecular weight is 509 g/mol. The number of azo groups is 2. The van der Waals surface area contributed by atoms with Crippen LogP contribution in [-0.2, 0) is 14.9 Å². The smallest absolute Gasteiger partial charge is 0.296 e. The van der Waals surface area contributed by atoms with E-state index >= 15 is 0 Å². The minimum absolute atomic E-state index is 0.243. The second-order valence-corrected chi connectivity index (χ2v) is 9.57. The molecule has 3 aromatic rings. The van der Waals surface area contributed by atoms with E-state index in [9.17, 15) is 18.1 Å². The number of nitrogen functional groups attached to an aromatic ring is 2. The van der Waals surface area contributed by atoms with Gasteiger partial charge in [0.15, 0.2) is 5.75 Å². The summed E-state index contributed by atoms with van der Waals surface area (Å²) in [6.07, 6.45) is 5.13. The molecule has 0 radical (unpaired) electrons. The van der Waals surface area contributed by atoms with Crippen molar-refractivity contribution in [3.8, 4) is 5.75 Å². The molecule has 4 rings (SSSR count). The highest BCUT2D eigenvalue weighted by atomic mass is 32.2. The van der Waals surface area contributed by atoms with Crippen LogP contribution < -0.4 is 11.5 Å². The maximum absolute atomic E-state index is 12.1. The molecule has 0 amide bonds. The van der Waals surface area contributed by atoms with E-state index in [1.807, 2.05) is 6.92 Å². The number of ether oxygens (including phenoxy) is 1. The molecule has 6 N–H and O–H groups in total. The molecule has 2 atom stereocenters. The Bertz CT molecular complexity index is 1550. The Morgan fingerprint density at radius 2 is 1.72 bits per heavy atom. The van der Waals surface area contributed by atoms with Gasteiger partial charge in [-0.2, -0.15) is 18.6 Å². The van der Waals surface area contributed by atoms with Crippen molar-refractivity contribution in [2.24, 2.45) is 20.5 Å². The van der Waals surface area contributed by atoms with Crippen molar-refractivity contribution in [3.63, 3.8) is 0 Å². The molecule has 1 aliphatic rings. The van der Waals surface area contributed by atoms with E-state index in [-0.39, 0.29) is 5.39 Å². The predicted octanol–water partition coefficient (Wildman–Crippen LogP) is 5.05. The molecule has 0 aliphatic heterocycles. The third kappa shape index (κ3) is 4.96. The summed E-state index contributed by atoms with van der Waals surface area (Å²) < 4.78 is 39.7. The number of anilines is 2. The molecule has 12 heteroatoms. The Hall–Kier alpha value is -4.13. The third-order valence-electron chi connectivity index (χ3n) is 5.61. The number of allylic oxidation sites excluding steroid dienone is 2. The number of phenols is 1. The van der Waals surface area contributed by atoms with Crippen LogP contribution >= 0.6 is 0 Å². The van der Waals surface area contributed by atoms with E-state index in [1.165, 1.54) is 31.4 Å². The van der Waals surface area contributed by atoms with Gasteiger partial charge in [-0.25, -0.2) is 0 Å². The van der Waals surface area contributed by atoms with Crippen molar-refractivity contribution in [1.82, 2.24) is 0 Å². The molecular formula is C24H24N6O5S. The molecule has 186 valence electrons. The molecule has 0 fully saturated rings. The minimum Gasteiger partial charge on any atom is -0.505 e. The first-order chi connectivity index (χ1) is 17.0. The standard InChI is InChI=1S/C24H24N6O5S/c1-14-9-10-24(35-2,30-27-18-7-5-16(25)6-8-18)21(11-14)28-29-22-20(36(32,33)34)12-15-3-4-17(26)13-19(15)23(22)31/h3-13,21,31H,25-26H2,1-2H3,(H,32,33,34). The lowest BCUT2D eigenvalue weighted by atomic mass is 9.96. The normalized spacial score (nSPS) is 20.4. The molecule has 11 nitrogen and oxygen atoms in total. The van der Waals surface area contributed by atoms with Crippen LogP contribution in [0, 0.1) is 0 Å². The first-order valence-electron chi connectivity index (χ1n) is 10.7. The fraction of sp³-hybridized carbons (Fsp3) is 0.167. The number of benzene rings is 3. The highest BCUT2D eigenvalue weighted by molar-refractivity contribution is 7.86. The zero-order valence-corrected chi connectivity index (χ0v) is 20.2. The number of nitrogens with zero attached hydrogens (tertiary/aromatic N) is 4. The summed E-state index contributed by atoms with van der Waals surface area (Å²) in [5, 5.41) is 28.3. The number of rotatable bonds is 6. The molecule has 36 heavy (non-hydrogen) atoms. The molecule has 0 aromatic heterocycles. The zero-order chi connectivity index (χ0) is 26.1. The van der Waals surface area contributed by atoms with Crippen molar-refractivity contribution in [2.75, 3.05) is 18.6 Å². The summed E-state index contributed by atoms with van der Waals surface area (Å²) in [4.78, 5) is -0.611. The number of nitrogens with two attached hydrogens (primary N) is 2. The minimum atomic E-state index is -4.76. The van der Waals surface area contributed by atoms with Crippen molar-refractivity contribution in [2.45, 2.75) is 23.6 Å². The van der Waals surface area contributed by atoms with E-state index in [0.717, 1.165) is 5.57 Å². The quantitative estimate of drug-likeness (QED) is 0.204. The number of aromatic hydroxyl groups is 1. The predicted molar refractivity (Wildman–Crippen MR) is 136 cm³/mol. The molecule has 0 heterocycles. The van der Waals surface area contributed by atoms with Gasteiger partial charge in [0.2, 0.25) is 5.72 Å². The average Bonchev–Trinajstić information content (AvgIpc) is 2.84. The van der Waals surface area contributed by atoms with Gasteiger partial charge in [-0.3, -0.25) is 4.55 Å². The highest BCUT2D eigenvalue weighted by Crippen LogP contribution is 2.42. The summed E-state index contributed by atoms with van der Waals surface area (Å²) in [5.41, 5.74) is 11.9. The fourth-order valence-corrected chi connectivity index (χ4v) is 4.32. The van der Waals surface area contributed by atoms with Gasteiger partial charge in [-0.05, 0) is 60.9 Å². The highest BCUT2D eigenvalue weighted by Gasteiger charge is 2.39. The molecule has 0 spiro atoms. The topological polar surface area (TPSA) is 185 Å². The lowest BCUT2D eigenvalue weighted by molar-refractivity contribution is 0.0217. The Morgan fingerprint density at radius 3 is 2.39 bits per heavy atom. The second kappa shape index (κ2) is 9.49. The van der Waals surface area contributed by atoms with Crippen LogP contribution in [0.15, 0.2) is 97.7 Å². The number of phenolic OH excluding ortho intramolecular Hbond substituents is 1. The van der Waals surface area contributed by atoms with Gasteiger partial charge in [0, 0.05) is 23.9 Å². The molecule has 2 unspecified atom stereocenters. The van der Waals surface area contributed by atoms with Crippen LogP contribution in [0.1, 0.15) is 6.92 Å². The number of fused-ring (bicyclic) bond motifs is 1. The van der Waals surface area contributed by atoms with Gasteiger partial charge >= 0.3 is 0 Å². The van der Waals surface area contributed by atoms with Gasteiger partial charge in [0.25, 0.3) is 10.1 Å². The first-order valence-corrected chi connectivity index (χ1v) is 12.1. The fourth-order valence-electron chi connectivity index (χ4n) is 3.66. The largest absolute Gasteiger partial charge is 0.505 e. The monoisotopic (exact) mass is 508 g/mol.